The van der Waals surface area contributed by atoms with Crippen molar-refractivity contribution in [2.75, 3.05) is 0 Å². The zero-order valence-electron chi connectivity index (χ0n) is 12.7. The Labute approximate surface area is 121 Å². The van der Waals surface area contributed by atoms with Gasteiger partial charge in [-0.3, -0.25) is 0 Å². The van der Waals surface area contributed by atoms with Gasteiger partial charge < -0.3 is 9.31 Å². The lowest BCUT2D eigenvalue weighted by Crippen LogP contribution is -2.41. The van der Waals surface area contributed by atoms with Crippen LogP contribution in [0.25, 0.3) is 5.47 Å². The van der Waals surface area contributed by atoms with Gasteiger partial charge in [0.15, 0.2) is 0 Å². The van der Waals surface area contributed by atoms with Crippen LogP contribution in [0.5, 0.6) is 0 Å². The van der Waals surface area contributed by atoms with Crippen molar-refractivity contribution in [3.8, 4) is 6.07 Å². The van der Waals surface area contributed by atoms with Crippen molar-refractivity contribution >= 4 is 12.6 Å². The minimum absolute atomic E-state index is 0.349. The van der Waals surface area contributed by atoms with E-state index in [4.69, 9.17) is 14.6 Å². The highest BCUT2D eigenvalue weighted by Crippen LogP contribution is 2.40. The third-order valence-electron chi connectivity index (χ3n) is 4.17. The molecule has 1 aromatic carbocycles. The van der Waals surface area contributed by atoms with Crippen LogP contribution in [0.2, 0.25) is 0 Å². The molecule has 1 saturated heterocycles. The Morgan fingerprint density at radius 2 is 1.60 bits per heavy atom. The molecule has 0 atom stereocenters. The summed E-state index contributed by atoms with van der Waals surface area (Å²) >= 11 is 0. The Balaban J connectivity index is 2.29. The fraction of sp³-hybridized carbons (Fsp3) is 0.438. The Morgan fingerprint density at radius 1 is 1.10 bits per heavy atom. The first kappa shape index (κ1) is 14.8. The Hall–Kier alpha value is -1.57. The number of nitrogens with zero attached hydrogens (tertiary/aromatic N) is 1. The molecule has 0 saturated carbocycles. The maximum atomic E-state index is 8.86. The summed E-state index contributed by atoms with van der Waals surface area (Å²) in [4.78, 5) is 0. The minimum atomic E-state index is -0.377. The SMILES string of the molecule is C/C=C(/B1OC(C)(C)C(C)(C)O1)c1ccc(C#N)cc1. The molecule has 1 aliphatic rings. The van der Waals surface area contributed by atoms with Crippen molar-refractivity contribution < 1.29 is 9.31 Å². The average molecular weight is 269 g/mol. The second-order valence-corrected chi connectivity index (χ2v) is 6.02. The van der Waals surface area contributed by atoms with Crippen LogP contribution in [-0.2, 0) is 9.31 Å². The molecule has 0 radical (unpaired) electrons. The van der Waals surface area contributed by atoms with E-state index >= 15 is 0 Å². The zero-order chi connectivity index (χ0) is 15.0. The number of rotatable bonds is 2. The van der Waals surface area contributed by atoms with Crippen molar-refractivity contribution in [3.05, 3.63) is 41.5 Å². The van der Waals surface area contributed by atoms with Crippen molar-refractivity contribution in [1.29, 1.82) is 5.26 Å². The quantitative estimate of drug-likeness (QED) is 0.770. The van der Waals surface area contributed by atoms with Gasteiger partial charge in [-0.1, -0.05) is 18.2 Å². The molecular weight excluding hydrogens is 249 g/mol. The second kappa shape index (κ2) is 5.08. The first-order valence-electron chi connectivity index (χ1n) is 6.83. The van der Waals surface area contributed by atoms with Gasteiger partial charge in [0.05, 0.1) is 22.8 Å². The van der Waals surface area contributed by atoms with Gasteiger partial charge in [0.1, 0.15) is 0 Å². The largest absolute Gasteiger partial charge is 0.495 e. The molecule has 1 aromatic rings. The first-order valence-corrected chi connectivity index (χ1v) is 6.83. The molecule has 0 N–H and O–H groups in total. The van der Waals surface area contributed by atoms with E-state index in [-0.39, 0.29) is 18.3 Å². The van der Waals surface area contributed by atoms with Gasteiger partial charge in [0, 0.05) is 0 Å². The fourth-order valence-electron chi connectivity index (χ4n) is 2.15. The molecule has 0 aliphatic carbocycles. The third-order valence-corrected chi connectivity index (χ3v) is 4.17. The topological polar surface area (TPSA) is 42.2 Å². The van der Waals surface area contributed by atoms with Gasteiger partial charge in [-0.25, -0.2) is 0 Å². The van der Waals surface area contributed by atoms with Gasteiger partial charge in [-0.2, -0.15) is 5.26 Å². The highest BCUT2D eigenvalue weighted by Gasteiger charge is 2.52. The molecule has 0 unspecified atom stereocenters. The van der Waals surface area contributed by atoms with Gasteiger partial charge >= 0.3 is 7.12 Å². The maximum Gasteiger partial charge on any atom is 0.495 e. The van der Waals surface area contributed by atoms with E-state index in [0.29, 0.717) is 5.56 Å². The lowest BCUT2D eigenvalue weighted by Gasteiger charge is -2.32. The van der Waals surface area contributed by atoms with Gasteiger partial charge in [-0.05, 0) is 57.8 Å². The van der Waals surface area contributed by atoms with Crippen LogP contribution in [-0.4, -0.2) is 18.3 Å². The first-order chi connectivity index (χ1) is 9.30. The van der Waals surface area contributed by atoms with E-state index in [1.807, 2.05) is 65.0 Å². The zero-order valence-corrected chi connectivity index (χ0v) is 12.7. The summed E-state index contributed by atoms with van der Waals surface area (Å²) in [7, 11) is -0.377. The van der Waals surface area contributed by atoms with E-state index < -0.39 is 0 Å². The molecule has 0 amide bonds. The number of hydrogen-bond acceptors (Lipinski definition) is 3. The van der Waals surface area contributed by atoms with Gasteiger partial charge in [0.25, 0.3) is 0 Å². The molecule has 1 fully saturated rings. The van der Waals surface area contributed by atoms with E-state index in [0.717, 1.165) is 11.0 Å². The number of allylic oxidation sites excluding steroid dienone is 1. The summed E-state index contributed by atoms with van der Waals surface area (Å²) in [6.07, 6.45) is 2.00. The van der Waals surface area contributed by atoms with Crippen molar-refractivity contribution in [1.82, 2.24) is 0 Å². The Kier molecular flexibility index (Phi) is 3.77. The van der Waals surface area contributed by atoms with Crippen molar-refractivity contribution in [3.63, 3.8) is 0 Å². The molecule has 2 rings (SSSR count). The summed E-state index contributed by atoms with van der Waals surface area (Å²) < 4.78 is 12.1. The number of nitriles is 1. The molecule has 0 spiro atoms. The van der Waals surface area contributed by atoms with Gasteiger partial charge in [0.2, 0.25) is 0 Å². The van der Waals surface area contributed by atoms with Crippen LogP contribution >= 0.6 is 0 Å². The smallest absolute Gasteiger partial charge is 0.399 e. The van der Waals surface area contributed by atoms with E-state index in [2.05, 4.69) is 6.07 Å². The molecule has 20 heavy (non-hydrogen) atoms. The third kappa shape index (κ3) is 2.52. The Bertz CT molecular complexity index is 551. The maximum absolute atomic E-state index is 8.86. The number of benzene rings is 1. The van der Waals surface area contributed by atoms with Crippen LogP contribution in [0.1, 0.15) is 45.7 Å². The van der Waals surface area contributed by atoms with Crippen LogP contribution in [0, 0.1) is 11.3 Å². The normalized spacial score (nSPS) is 20.8. The van der Waals surface area contributed by atoms with E-state index in [9.17, 15) is 0 Å². The average Bonchev–Trinajstić information content (AvgIpc) is 2.60. The fourth-order valence-corrected chi connectivity index (χ4v) is 2.15. The lowest BCUT2D eigenvalue weighted by atomic mass is 9.74. The molecule has 1 aliphatic heterocycles. The highest BCUT2D eigenvalue weighted by atomic mass is 16.7. The molecule has 4 heteroatoms. The summed E-state index contributed by atoms with van der Waals surface area (Å²) in [6.45, 7) is 10.1. The standard InChI is InChI=1S/C16H20BNO2/c1-6-14(13-9-7-12(11-18)8-10-13)17-19-15(2,3)16(4,5)20-17/h6-10H,1-5H3/b14-6+. The van der Waals surface area contributed by atoms with Gasteiger partial charge in [-0.15, -0.1) is 0 Å². The molecule has 0 aromatic heterocycles. The van der Waals surface area contributed by atoms with Crippen molar-refractivity contribution in [2.45, 2.75) is 45.8 Å². The van der Waals surface area contributed by atoms with Crippen LogP contribution < -0.4 is 0 Å². The molecular formula is C16H20BNO2. The van der Waals surface area contributed by atoms with E-state index in [1.165, 1.54) is 0 Å². The molecule has 3 nitrogen and oxygen atoms in total. The Morgan fingerprint density at radius 3 is 2.00 bits per heavy atom. The second-order valence-electron chi connectivity index (χ2n) is 6.02. The highest BCUT2D eigenvalue weighted by molar-refractivity contribution is 6.68. The lowest BCUT2D eigenvalue weighted by molar-refractivity contribution is 0.00578. The predicted molar refractivity (Wildman–Crippen MR) is 80.9 cm³/mol. The summed E-state index contributed by atoms with van der Waals surface area (Å²) in [5.74, 6) is 0. The predicted octanol–water partition coefficient (Wildman–Crippen LogP) is 3.59. The summed E-state index contributed by atoms with van der Waals surface area (Å²) in [5.41, 5.74) is 1.97. The van der Waals surface area contributed by atoms with E-state index in [1.54, 1.807) is 0 Å². The minimum Gasteiger partial charge on any atom is -0.399 e. The van der Waals surface area contributed by atoms with Crippen LogP contribution in [0.4, 0.5) is 0 Å². The molecule has 1 heterocycles. The van der Waals surface area contributed by atoms with Crippen LogP contribution in [0.15, 0.2) is 30.3 Å². The summed E-state index contributed by atoms with van der Waals surface area (Å²) in [6, 6.07) is 9.60. The van der Waals surface area contributed by atoms with Crippen molar-refractivity contribution in [2.24, 2.45) is 0 Å². The summed E-state index contributed by atoms with van der Waals surface area (Å²) in [5, 5.41) is 8.86. The number of hydrogen-bond donors (Lipinski definition) is 0. The van der Waals surface area contributed by atoms with Crippen LogP contribution in [0.3, 0.4) is 0 Å². The molecule has 104 valence electrons. The monoisotopic (exact) mass is 269 g/mol. The molecule has 0 bridgehead atoms.